The summed E-state index contributed by atoms with van der Waals surface area (Å²) in [6, 6.07) is 12.6. The van der Waals surface area contributed by atoms with Gasteiger partial charge in [0, 0.05) is 23.2 Å². The van der Waals surface area contributed by atoms with Gasteiger partial charge in [0.05, 0.1) is 4.90 Å². The number of hydrogen-bond acceptors (Lipinski definition) is 3. The lowest BCUT2D eigenvalue weighted by Gasteiger charge is -2.29. The standard InChI is InChI=1S/C15H15BrN2O2S/c16-13-5-1-2-7-15(13)21(19,20)18-9-8-11-4-3-6-14(17)12(11)10-18/h1-7H,8-10,17H2. The number of nitrogens with two attached hydrogens (primary N) is 1. The zero-order valence-electron chi connectivity index (χ0n) is 11.3. The first kappa shape index (κ1) is 14.6. The van der Waals surface area contributed by atoms with Crippen LogP contribution in [0.15, 0.2) is 51.8 Å². The van der Waals surface area contributed by atoms with E-state index in [1.807, 2.05) is 18.2 Å². The Morgan fingerprint density at radius 3 is 2.62 bits per heavy atom. The summed E-state index contributed by atoms with van der Waals surface area (Å²) < 4.78 is 27.6. The van der Waals surface area contributed by atoms with Crippen LogP contribution >= 0.6 is 15.9 Å². The Kier molecular flexibility index (Phi) is 3.77. The van der Waals surface area contributed by atoms with E-state index in [0.29, 0.717) is 34.6 Å². The number of halogens is 1. The molecule has 0 bridgehead atoms. The third kappa shape index (κ3) is 2.59. The summed E-state index contributed by atoms with van der Waals surface area (Å²) in [7, 11) is -3.52. The van der Waals surface area contributed by atoms with Crippen LogP contribution in [0, 0.1) is 0 Å². The maximum atomic E-state index is 12.8. The summed E-state index contributed by atoms with van der Waals surface area (Å²) in [5.41, 5.74) is 8.69. The topological polar surface area (TPSA) is 63.4 Å². The molecule has 21 heavy (non-hydrogen) atoms. The molecule has 4 nitrogen and oxygen atoms in total. The van der Waals surface area contributed by atoms with E-state index >= 15 is 0 Å². The van der Waals surface area contributed by atoms with E-state index in [0.717, 1.165) is 11.1 Å². The molecular formula is C15H15BrN2O2S. The molecular weight excluding hydrogens is 352 g/mol. The lowest BCUT2D eigenvalue weighted by molar-refractivity contribution is 0.392. The largest absolute Gasteiger partial charge is 0.398 e. The highest BCUT2D eigenvalue weighted by Gasteiger charge is 2.30. The molecule has 0 unspecified atom stereocenters. The van der Waals surface area contributed by atoms with Crippen LogP contribution in [0.4, 0.5) is 5.69 Å². The van der Waals surface area contributed by atoms with Crippen LogP contribution in [0.1, 0.15) is 11.1 Å². The van der Waals surface area contributed by atoms with Gasteiger partial charge in [-0.1, -0.05) is 24.3 Å². The van der Waals surface area contributed by atoms with E-state index in [1.54, 1.807) is 24.3 Å². The van der Waals surface area contributed by atoms with Crippen molar-refractivity contribution in [3.05, 3.63) is 58.1 Å². The third-order valence-corrected chi connectivity index (χ3v) is 6.59. The molecule has 2 aromatic rings. The van der Waals surface area contributed by atoms with Crippen LogP contribution in [-0.4, -0.2) is 19.3 Å². The normalized spacial score (nSPS) is 15.7. The van der Waals surface area contributed by atoms with Gasteiger partial charge in [0.2, 0.25) is 10.0 Å². The van der Waals surface area contributed by atoms with Crippen molar-refractivity contribution in [2.75, 3.05) is 12.3 Å². The number of hydrogen-bond donors (Lipinski definition) is 1. The molecule has 6 heteroatoms. The fourth-order valence-electron chi connectivity index (χ4n) is 2.58. The fraction of sp³-hybridized carbons (Fsp3) is 0.200. The second-order valence-corrected chi connectivity index (χ2v) is 7.76. The van der Waals surface area contributed by atoms with Crippen LogP contribution in [-0.2, 0) is 23.0 Å². The SMILES string of the molecule is Nc1cccc2c1CN(S(=O)(=O)c1ccccc1Br)CC2. The van der Waals surface area contributed by atoms with Crippen LogP contribution in [0.3, 0.4) is 0 Å². The Bertz CT molecular complexity index is 790. The van der Waals surface area contributed by atoms with Crippen molar-refractivity contribution in [1.82, 2.24) is 4.31 Å². The molecule has 0 aromatic heterocycles. The van der Waals surface area contributed by atoms with Gasteiger partial charge >= 0.3 is 0 Å². The van der Waals surface area contributed by atoms with Gasteiger partial charge in [0.1, 0.15) is 0 Å². The monoisotopic (exact) mass is 366 g/mol. The molecule has 0 amide bonds. The fourth-order valence-corrected chi connectivity index (χ4v) is 4.95. The first-order valence-electron chi connectivity index (χ1n) is 6.61. The summed E-state index contributed by atoms with van der Waals surface area (Å²) in [5.74, 6) is 0. The Balaban J connectivity index is 2.00. The van der Waals surface area contributed by atoms with Gasteiger partial charge in [-0.25, -0.2) is 8.42 Å². The molecule has 0 saturated carbocycles. The van der Waals surface area contributed by atoms with Gasteiger partial charge in [-0.15, -0.1) is 0 Å². The van der Waals surface area contributed by atoms with Crippen molar-refractivity contribution < 1.29 is 8.42 Å². The van der Waals surface area contributed by atoms with Gasteiger partial charge < -0.3 is 5.73 Å². The van der Waals surface area contributed by atoms with E-state index in [4.69, 9.17) is 5.73 Å². The minimum Gasteiger partial charge on any atom is -0.398 e. The number of rotatable bonds is 2. The van der Waals surface area contributed by atoms with Crippen LogP contribution in [0.2, 0.25) is 0 Å². The lowest BCUT2D eigenvalue weighted by Crippen LogP contribution is -2.36. The van der Waals surface area contributed by atoms with E-state index in [2.05, 4.69) is 15.9 Å². The highest BCUT2D eigenvalue weighted by molar-refractivity contribution is 9.10. The number of nitrogen functional groups attached to an aromatic ring is 1. The Hall–Kier alpha value is -1.37. The smallest absolute Gasteiger partial charge is 0.244 e. The van der Waals surface area contributed by atoms with Gasteiger partial charge in [-0.05, 0) is 51.7 Å². The molecule has 0 spiro atoms. The first-order chi connectivity index (χ1) is 10.00. The van der Waals surface area contributed by atoms with Crippen molar-refractivity contribution >= 4 is 31.6 Å². The summed E-state index contributed by atoms with van der Waals surface area (Å²) >= 11 is 3.31. The maximum Gasteiger partial charge on any atom is 0.244 e. The van der Waals surface area contributed by atoms with Crippen molar-refractivity contribution in [2.45, 2.75) is 17.9 Å². The Morgan fingerprint density at radius 1 is 1.10 bits per heavy atom. The number of fused-ring (bicyclic) bond motifs is 1. The first-order valence-corrected chi connectivity index (χ1v) is 8.84. The molecule has 1 aliphatic rings. The zero-order valence-corrected chi connectivity index (χ0v) is 13.7. The molecule has 0 saturated heterocycles. The molecule has 1 heterocycles. The highest BCUT2D eigenvalue weighted by atomic mass is 79.9. The summed E-state index contributed by atoms with van der Waals surface area (Å²) in [6.45, 7) is 0.797. The second-order valence-electron chi connectivity index (χ2n) is 5.00. The van der Waals surface area contributed by atoms with Gasteiger partial charge in [-0.3, -0.25) is 0 Å². The number of nitrogens with zero attached hydrogens (tertiary/aromatic N) is 1. The Labute approximate surface area is 132 Å². The summed E-state index contributed by atoms with van der Waals surface area (Å²) in [4.78, 5) is 0.294. The second kappa shape index (κ2) is 5.44. The molecule has 3 rings (SSSR count). The van der Waals surface area contributed by atoms with E-state index < -0.39 is 10.0 Å². The van der Waals surface area contributed by atoms with Crippen LogP contribution < -0.4 is 5.73 Å². The maximum absolute atomic E-state index is 12.8. The van der Waals surface area contributed by atoms with Crippen molar-refractivity contribution in [2.24, 2.45) is 0 Å². The molecule has 0 fully saturated rings. The number of sulfonamides is 1. The van der Waals surface area contributed by atoms with Crippen LogP contribution in [0.5, 0.6) is 0 Å². The molecule has 0 aliphatic carbocycles. The predicted molar refractivity (Wildman–Crippen MR) is 86.3 cm³/mol. The van der Waals surface area contributed by atoms with Crippen molar-refractivity contribution in [1.29, 1.82) is 0 Å². The van der Waals surface area contributed by atoms with Gasteiger partial charge in [0.15, 0.2) is 0 Å². The minimum atomic E-state index is -3.52. The summed E-state index contributed by atoms with van der Waals surface area (Å²) in [6.07, 6.45) is 0.685. The molecule has 0 radical (unpaired) electrons. The average molecular weight is 367 g/mol. The van der Waals surface area contributed by atoms with Gasteiger partial charge in [-0.2, -0.15) is 4.31 Å². The quantitative estimate of drug-likeness (QED) is 0.831. The van der Waals surface area contributed by atoms with Crippen LogP contribution in [0.25, 0.3) is 0 Å². The van der Waals surface area contributed by atoms with Crippen molar-refractivity contribution in [3.63, 3.8) is 0 Å². The van der Waals surface area contributed by atoms with E-state index in [9.17, 15) is 8.42 Å². The third-order valence-electron chi connectivity index (χ3n) is 3.73. The van der Waals surface area contributed by atoms with Gasteiger partial charge in [0.25, 0.3) is 0 Å². The molecule has 2 N–H and O–H groups in total. The minimum absolute atomic E-state index is 0.294. The number of anilines is 1. The highest BCUT2D eigenvalue weighted by Crippen LogP contribution is 2.30. The Morgan fingerprint density at radius 2 is 1.86 bits per heavy atom. The molecule has 0 atom stereocenters. The molecule has 1 aliphatic heterocycles. The van der Waals surface area contributed by atoms with E-state index in [1.165, 1.54) is 4.31 Å². The van der Waals surface area contributed by atoms with Crippen molar-refractivity contribution in [3.8, 4) is 0 Å². The number of benzene rings is 2. The van der Waals surface area contributed by atoms with E-state index in [-0.39, 0.29) is 0 Å². The molecule has 110 valence electrons. The lowest BCUT2D eigenvalue weighted by atomic mass is 10.00. The summed E-state index contributed by atoms with van der Waals surface area (Å²) in [5, 5.41) is 0. The molecule has 2 aromatic carbocycles. The average Bonchev–Trinajstić information content (AvgIpc) is 2.47. The zero-order chi connectivity index (χ0) is 15.0. The predicted octanol–water partition coefficient (Wildman–Crippen LogP) is 2.78.